The van der Waals surface area contributed by atoms with Crippen LogP contribution < -0.4 is 5.32 Å². The van der Waals surface area contributed by atoms with Crippen molar-refractivity contribution in [3.8, 4) is 0 Å². The van der Waals surface area contributed by atoms with Gasteiger partial charge in [0.15, 0.2) is 0 Å². The molecule has 1 saturated heterocycles. The molecule has 0 bridgehead atoms. The van der Waals surface area contributed by atoms with Crippen LogP contribution in [0.25, 0.3) is 6.08 Å². The van der Waals surface area contributed by atoms with Gasteiger partial charge in [-0.1, -0.05) is 60.7 Å². The van der Waals surface area contributed by atoms with Crippen molar-refractivity contribution in [1.82, 2.24) is 5.32 Å². The number of ether oxygens (including phenoxy) is 1. The number of amides is 1. The van der Waals surface area contributed by atoms with Crippen LogP contribution in [0.2, 0.25) is 0 Å². The third-order valence-corrected chi connectivity index (χ3v) is 3.50. The summed E-state index contributed by atoms with van der Waals surface area (Å²) in [5.41, 5.74) is 1.36. The van der Waals surface area contributed by atoms with E-state index < -0.39 is 11.6 Å². The molecule has 3 nitrogen and oxygen atoms in total. The summed E-state index contributed by atoms with van der Waals surface area (Å²) in [6.45, 7) is 1.95. The summed E-state index contributed by atoms with van der Waals surface area (Å²) in [5.74, 6) is 0.611. The normalized spacial score (nSPS) is 23.4. The van der Waals surface area contributed by atoms with Gasteiger partial charge >= 0.3 is 6.09 Å². The maximum Gasteiger partial charge on any atom is 0.413 e. The van der Waals surface area contributed by atoms with Gasteiger partial charge < -0.3 is 10.1 Å². The van der Waals surface area contributed by atoms with E-state index in [1.807, 2.05) is 73.7 Å². The maximum absolute atomic E-state index is 11.7. The van der Waals surface area contributed by atoms with E-state index in [0.29, 0.717) is 5.76 Å². The minimum absolute atomic E-state index is 0.418. The van der Waals surface area contributed by atoms with Gasteiger partial charge in [-0.15, -0.1) is 0 Å². The highest BCUT2D eigenvalue weighted by Crippen LogP contribution is 2.35. The molecule has 20 heavy (non-hydrogen) atoms. The van der Waals surface area contributed by atoms with Crippen molar-refractivity contribution in [1.29, 1.82) is 0 Å². The quantitative estimate of drug-likeness (QED) is 0.899. The van der Waals surface area contributed by atoms with Crippen molar-refractivity contribution >= 4 is 12.2 Å². The Morgan fingerprint density at radius 2 is 1.60 bits per heavy atom. The summed E-state index contributed by atoms with van der Waals surface area (Å²) in [6.07, 6.45) is 1.48. The largest absolute Gasteiger partial charge is 0.413 e. The Kier molecular flexibility index (Phi) is 3.03. The average molecular weight is 265 g/mol. The molecule has 0 aromatic heterocycles. The molecule has 2 aromatic rings. The summed E-state index contributed by atoms with van der Waals surface area (Å²) in [7, 11) is 0. The first-order valence-electron chi connectivity index (χ1n) is 6.51. The van der Waals surface area contributed by atoms with Crippen LogP contribution >= 0.6 is 0 Å². The van der Waals surface area contributed by atoms with E-state index in [-0.39, 0.29) is 0 Å². The molecule has 1 aliphatic rings. The first kappa shape index (κ1) is 12.5. The van der Waals surface area contributed by atoms with E-state index in [1.54, 1.807) is 0 Å². The summed E-state index contributed by atoms with van der Waals surface area (Å²) >= 11 is 0. The number of carbonyl (C=O) groups is 1. The van der Waals surface area contributed by atoms with Crippen molar-refractivity contribution in [2.24, 2.45) is 0 Å². The molecule has 1 N–H and O–H groups in total. The number of cyclic esters (lactones) is 1. The maximum atomic E-state index is 11.7. The van der Waals surface area contributed by atoms with Gasteiger partial charge in [0.1, 0.15) is 11.3 Å². The van der Waals surface area contributed by atoms with Crippen LogP contribution in [-0.2, 0) is 10.3 Å². The zero-order valence-corrected chi connectivity index (χ0v) is 11.2. The molecule has 1 amide bonds. The number of alkyl carbamates (subject to hydrolysis) is 1. The average Bonchev–Trinajstić information content (AvgIpc) is 2.76. The molecule has 1 aliphatic heterocycles. The Balaban J connectivity index is 2.05. The number of benzene rings is 2. The molecular weight excluding hydrogens is 250 g/mol. The van der Waals surface area contributed by atoms with E-state index in [2.05, 4.69) is 5.32 Å². The highest BCUT2D eigenvalue weighted by molar-refractivity contribution is 5.77. The predicted molar refractivity (Wildman–Crippen MR) is 77.8 cm³/mol. The Bertz CT molecular complexity index is 649. The molecule has 1 unspecified atom stereocenters. The third kappa shape index (κ3) is 2.18. The lowest BCUT2D eigenvalue weighted by atomic mass is 9.90. The molecular formula is C17H15NO2. The number of nitrogens with one attached hydrogen (secondary N) is 1. The molecule has 1 atom stereocenters. The van der Waals surface area contributed by atoms with Crippen molar-refractivity contribution in [2.45, 2.75) is 12.5 Å². The number of rotatable bonds is 2. The molecule has 100 valence electrons. The van der Waals surface area contributed by atoms with Gasteiger partial charge in [0.2, 0.25) is 0 Å². The molecule has 1 fully saturated rings. The number of hydrogen-bond acceptors (Lipinski definition) is 2. The Labute approximate surface area is 117 Å². The Morgan fingerprint density at radius 3 is 2.25 bits per heavy atom. The van der Waals surface area contributed by atoms with Crippen molar-refractivity contribution in [3.63, 3.8) is 0 Å². The highest BCUT2D eigenvalue weighted by Gasteiger charge is 2.41. The van der Waals surface area contributed by atoms with Crippen molar-refractivity contribution < 1.29 is 9.53 Å². The summed E-state index contributed by atoms with van der Waals surface area (Å²) < 4.78 is 5.35. The second kappa shape index (κ2) is 4.85. The van der Waals surface area contributed by atoms with Gasteiger partial charge in [-0.2, -0.15) is 0 Å². The van der Waals surface area contributed by atoms with Crippen LogP contribution in [0.1, 0.15) is 18.1 Å². The first-order chi connectivity index (χ1) is 9.68. The molecule has 0 saturated carbocycles. The van der Waals surface area contributed by atoms with Gasteiger partial charge in [0.05, 0.1) is 0 Å². The lowest BCUT2D eigenvalue weighted by Gasteiger charge is -2.23. The zero-order valence-electron chi connectivity index (χ0n) is 11.2. The third-order valence-electron chi connectivity index (χ3n) is 3.50. The monoisotopic (exact) mass is 265 g/mol. The fourth-order valence-corrected chi connectivity index (χ4v) is 2.35. The Morgan fingerprint density at radius 1 is 1.00 bits per heavy atom. The van der Waals surface area contributed by atoms with E-state index in [4.69, 9.17) is 4.74 Å². The van der Waals surface area contributed by atoms with E-state index in [9.17, 15) is 4.79 Å². The standard InChI is InChI=1S/C17H15NO2/c1-17(14-10-6-3-7-11-14)15(20-16(19)18-17)12-13-8-4-2-5-9-13/h2-12H,1H3,(H,18,19)/b15-12+. The summed E-state index contributed by atoms with van der Waals surface area (Å²) in [4.78, 5) is 11.7. The molecule has 3 rings (SSSR count). The molecule has 0 aliphatic carbocycles. The van der Waals surface area contributed by atoms with E-state index in [1.165, 1.54) is 0 Å². The second-order valence-electron chi connectivity index (χ2n) is 4.92. The topological polar surface area (TPSA) is 38.3 Å². The van der Waals surface area contributed by atoms with Crippen LogP contribution in [0, 0.1) is 0 Å². The predicted octanol–water partition coefficient (Wildman–Crippen LogP) is 3.68. The van der Waals surface area contributed by atoms with Crippen LogP contribution in [0.3, 0.4) is 0 Å². The van der Waals surface area contributed by atoms with Gasteiger partial charge in [-0.25, -0.2) is 4.79 Å². The molecule has 2 aromatic carbocycles. The molecule has 0 spiro atoms. The van der Waals surface area contributed by atoms with E-state index >= 15 is 0 Å². The number of carbonyl (C=O) groups excluding carboxylic acids is 1. The Hall–Kier alpha value is -2.55. The van der Waals surface area contributed by atoms with Gasteiger partial charge in [-0.3, -0.25) is 0 Å². The summed E-state index contributed by atoms with van der Waals surface area (Å²) in [6, 6.07) is 19.6. The van der Waals surface area contributed by atoms with Gasteiger partial charge in [0.25, 0.3) is 0 Å². The fraction of sp³-hybridized carbons (Fsp3) is 0.118. The van der Waals surface area contributed by atoms with Gasteiger partial charge in [0, 0.05) is 0 Å². The lowest BCUT2D eigenvalue weighted by molar-refractivity contribution is 0.195. The van der Waals surface area contributed by atoms with Crippen molar-refractivity contribution in [2.75, 3.05) is 0 Å². The molecule has 3 heteroatoms. The first-order valence-corrected chi connectivity index (χ1v) is 6.51. The fourth-order valence-electron chi connectivity index (χ4n) is 2.35. The van der Waals surface area contributed by atoms with Gasteiger partial charge in [-0.05, 0) is 24.1 Å². The smallest absolute Gasteiger partial charge is 0.412 e. The highest BCUT2D eigenvalue weighted by atomic mass is 16.6. The van der Waals surface area contributed by atoms with Crippen LogP contribution in [0.4, 0.5) is 4.79 Å². The van der Waals surface area contributed by atoms with Crippen LogP contribution in [0.5, 0.6) is 0 Å². The number of hydrogen-bond donors (Lipinski definition) is 1. The molecule has 1 heterocycles. The molecule has 0 radical (unpaired) electrons. The SMILES string of the molecule is CC1(c2ccccc2)NC(=O)O/C1=C/c1ccccc1. The summed E-state index contributed by atoms with van der Waals surface area (Å²) in [5, 5.41) is 2.89. The van der Waals surface area contributed by atoms with Crippen LogP contribution in [-0.4, -0.2) is 6.09 Å². The lowest BCUT2D eigenvalue weighted by Crippen LogP contribution is -2.36. The minimum Gasteiger partial charge on any atom is -0.412 e. The van der Waals surface area contributed by atoms with E-state index in [0.717, 1.165) is 11.1 Å². The zero-order chi connectivity index (χ0) is 14.0. The second-order valence-corrected chi connectivity index (χ2v) is 4.92. The minimum atomic E-state index is -0.631. The van der Waals surface area contributed by atoms with Crippen molar-refractivity contribution in [3.05, 3.63) is 77.5 Å². The van der Waals surface area contributed by atoms with Crippen LogP contribution in [0.15, 0.2) is 66.4 Å².